The second-order valence-electron chi connectivity index (χ2n) is 8.08. The lowest BCUT2D eigenvalue weighted by atomic mass is 10.00. The molecular formula is C27H28N2O4S. The smallest absolute Gasteiger partial charge is 0.237 e. The van der Waals surface area contributed by atoms with Crippen LogP contribution in [0, 0.1) is 0 Å². The average Bonchev–Trinajstić information content (AvgIpc) is 3.27. The van der Waals surface area contributed by atoms with Crippen molar-refractivity contribution in [1.82, 2.24) is 4.98 Å². The molecule has 0 saturated heterocycles. The molecule has 0 N–H and O–H groups in total. The number of benzene rings is 3. The summed E-state index contributed by atoms with van der Waals surface area (Å²) in [6.07, 6.45) is 0.103. The SMILES string of the molecule is COc1ccc(CC(=O)N(c2nc3ccccc3s2)c2ccccc2C(C)C)c(OC)c1OC. The van der Waals surface area contributed by atoms with E-state index >= 15 is 0 Å². The molecule has 0 aliphatic heterocycles. The van der Waals surface area contributed by atoms with Crippen LogP contribution in [-0.2, 0) is 11.2 Å². The van der Waals surface area contributed by atoms with E-state index in [2.05, 4.69) is 19.9 Å². The van der Waals surface area contributed by atoms with Crippen molar-refractivity contribution < 1.29 is 19.0 Å². The maximum Gasteiger partial charge on any atom is 0.237 e. The monoisotopic (exact) mass is 476 g/mol. The van der Waals surface area contributed by atoms with Gasteiger partial charge in [0.2, 0.25) is 11.7 Å². The van der Waals surface area contributed by atoms with Gasteiger partial charge in [0.05, 0.1) is 43.7 Å². The number of carbonyl (C=O) groups is 1. The third-order valence-electron chi connectivity index (χ3n) is 5.65. The number of rotatable bonds is 8. The molecule has 0 spiro atoms. The van der Waals surface area contributed by atoms with Gasteiger partial charge in [-0.2, -0.15) is 0 Å². The first-order valence-electron chi connectivity index (χ1n) is 11.0. The summed E-state index contributed by atoms with van der Waals surface area (Å²) in [6.45, 7) is 4.24. The van der Waals surface area contributed by atoms with Crippen LogP contribution < -0.4 is 19.1 Å². The zero-order chi connectivity index (χ0) is 24.2. The average molecular weight is 477 g/mol. The number of hydrogen-bond donors (Lipinski definition) is 0. The maximum absolute atomic E-state index is 14.0. The van der Waals surface area contributed by atoms with Crippen molar-refractivity contribution >= 4 is 38.3 Å². The van der Waals surface area contributed by atoms with Gasteiger partial charge in [0.1, 0.15) is 0 Å². The molecule has 0 fully saturated rings. The first-order chi connectivity index (χ1) is 16.5. The van der Waals surface area contributed by atoms with Crippen LogP contribution >= 0.6 is 11.3 Å². The van der Waals surface area contributed by atoms with Crippen molar-refractivity contribution in [2.75, 3.05) is 26.2 Å². The van der Waals surface area contributed by atoms with Gasteiger partial charge in [0.25, 0.3) is 0 Å². The van der Waals surface area contributed by atoms with Gasteiger partial charge in [0.15, 0.2) is 16.6 Å². The highest BCUT2D eigenvalue weighted by Gasteiger charge is 2.27. The quantitative estimate of drug-likeness (QED) is 0.296. The van der Waals surface area contributed by atoms with Crippen LogP contribution in [0.4, 0.5) is 10.8 Å². The molecule has 4 aromatic rings. The predicted octanol–water partition coefficient (Wildman–Crippen LogP) is 6.35. The second-order valence-corrected chi connectivity index (χ2v) is 9.09. The lowest BCUT2D eigenvalue weighted by molar-refractivity contribution is -0.117. The first-order valence-corrected chi connectivity index (χ1v) is 11.8. The van der Waals surface area contributed by atoms with Gasteiger partial charge in [-0.25, -0.2) is 4.98 Å². The van der Waals surface area contributed by atoms with Crippen molar-refractivity contribution in [3.05, 3.63) is 71.8 Å². The number of ether oxygens (including phenoxy) is 3. The number of fused-ring (bicyclic) bond motifs is 1. The molecule has 4 rings (SSSR count). The first kappa shape index (κ1) is 23.6. The largest absolute Gasteiger partial charge is 0.493 e. The second kappa shape index (κ2) is 10.1. The standard InChI is InChI=1S/C27H28N2O4S/c1-17(2)19-10-6-8-12-21(19)29(27-28-20-11-7-9-13-23(20)34-27)24(30)16-18-14-15-22(31-3)26(33-5)25(18)32-4/h6-15,17H,16H2,1-5H3. The topological polar surface area (TPSA) is 60.9 Å². The summed E-state index contributed by atoms with van der Waals surface area (Å²) in [7, 11) is 4.68. The molecule has 0 aliphatic carbocycles. The van der Waals surface area contributed by atoms with Crippen LogP contribution in [0.1, 0.15) is 30.9 Å². The molecule has 7 heteroatoms. The number of hydrogen-bond acceptors (Lipinski definition) is 6. The molecule has 1 heterocycles. The van der Waals surface area contributed by atoms with E-state index in [9.17, 15) is 4.79 Å². The zero-order valence-electron chi connectivity index (χ0n) is 20.0. The van der Waals surface area contributed by atoms with Crippen molar-refractivity contribution in [1.29, 1.82) is 0 Å². The summed E-state index contributed by atoms with van der Waals surface area (Å²) >= 11 is 1.50. The number of amides is 1. The van der Waals surface area contributed by atoms with Crippen LogP contribution in [0.15, 0.2) is 60.7 Å². The van der Waals surface area contributed by atoms with Gasteiger partial charge in [-0.3, -0.25) is 9.69 Å². The Hall–Kier alpha value is -3.58. The Morgan fingerprint density at radius 2 is 1.62 bits per heavy atom. The van der Waals surface area contributed by atoms with Crippen LogP contribution in [0.2, 0.25) is 0 Å². The van der Waals surface area contributed by atoms with Gasteiger partial charge in [-0.15, -0.1) is 0 Å². The number of anilines is 2. The molecule has 176 valence electrons. The molecule has 1 aromatic heterocycles. The number of thiazole rings is 1. The summed E-state index contributed by atoms with van der Waals surface area (Å²) in [5.74, 6) is 1.61. The Morgan fingerprint density at radius 3 is 2.29 bits per heavy atom. The Bertz CT molecular complexity index is 1280. The molecule has 6 nitrogen and oxygen atoms in total. The molecule has 0 bridgehead atoms. The Kier molecular flexibility index (Phi) is 7.03. The van der Waals surface area contributed by atoms with E-state index in [1.54, 1.807) is 32.3 Å². The fraction of sp³-hybridized carbons (Fsp3) is 0.259. The molecule has 0 saturated carbocycles. The summed E-state index contributed by atoms with van der Waals surface area (Å²) in [5, 5.41) is 0.638. The highest BCUT2D eigenvalue weighted by atomic mass is 32.1. The molecule has 0 unspecified atom stereocenters. The van der Waals surface area contributed by atoms with Gasteiger partial charge in [-0.1, -0.05) is 61.6 Å². The molecule has 0 radical (unpaired) electrons. The van der Waals surface area contributed by atoms with E-state index < -0.39 is 0 Å². The van der Waals surface area contributed by atoms with Crippen LogP contribution in [0.3, 0.4) is 0 Å². The van der Waals surface area contributed by atoms with E-state index in [1.165, 1.54) is 11.3 Å². The van der Waals surface area contributed by atoms with Crippen molar-refractivity contribution in [2.45, 2.75) is 26.2 Å². The van der Waals surface area contributed by atoms with Crippen LogP contribution in [0.5, 0.6) is 17.2 Å². The zero-order valence-corrected chi connectivity index (χ0v) is 20.8. The number of carbonyl (C=O) groups excluding carboxylic acids is 1. The van der Waals surface area contributed by atoms with Crippen molar-refractivity contribution in [2.24, 2.45) is 0 Å². The minimum atomic E-state index is -0.113. The maximum atomic E-state index is 14.0. The Balaban J connectivity index is 1.83. The minimum absolute atomic E-state index is 0.103. The fourth-order valence-corrected chi connectivity index (χ4v) is 5.02. The number of nitrogens with zero attached hydrogens (tertiary/aromatic N) is 2. The van der Waals surface area contributed by atoms with E-state index in [4.69, 9.17) is 19.2 Å². The summed E-state index contributed by atoms with van der Waals surface area (Å²) in [5.41, 5.74) is 3.49. The normalized spacial score (nSPS) is 11.0. The minimum Gasteiger partial charge on any atom is -0.493 e. The van der Waals surface area contributed by atoms with Crippen molar-refractivity contribution in [3.63, 3.8) is 0 Å². The van der Waals surface area contributed by atoms with E-state index in [0.717, 1.165) is 21.5 Å². The van der Waals surface area contributed by atoms with E-state index in [0.29, 0.717) is 27.9 Å². The molecule has 0 atom stereocenters. The molecule has 1 amide bonds. The Morgan fingerprint density at radius 1 is 0.912 bits per heavy atom. The molecule has 0 aliphatic rings. The number of aromatic nitrogens is 1. The van der Waals surface area contributed by atoms with Crippen LogP contribution in [0.25, 0.3) is 10.2 Å². The number of methoxy groups -OCH3 is 3. The molecule has 3 aromatic carbocycles. The van der Waals surface area contributed by atoms with Gasteiger partial charge < -0.3 is 14.2 Å². The lowest BCUT2D eigenvalue weighted by Gasteiger charge is -2.25. The van der Waals surface area contributed by atoms with Crippen LogP contribution in [-0.4, -0.2) is 32.2 Å². The Labute approximate surface area is 203 Å². The summed E-state index contributed by atoms with van der Waals surface area (Å²) in [6, 6.07) is 19.5. The third-order valence-corrected chi connectivity index (χ3v) is 6.67. The number of para-hydroxylation sites is 2. The predicted molar refractivity (Wildman–Crippen MR) is 137 cm³/mol. The van der Waals surface area contributed by atoms with Gasteiger partial charge >= 0.3 is 0 Å². The highest BCUT2D eigenvalue weighted by Crippen LogP contribution is 2.42. The van der Waals surface area contributed by atoms with E-state index in [-0.39, 0.29) is 18.2 Å². The van der Waals surface area contributed by atoms with E-state index in [1.807, 2.05) is 48.5 Å². The summed E-state index contributed by atoms with van der Waals surface area (Å²) in [4.78, 5) is 20.5. The molecular weight excluding hydrogens is 448 g/mol. The highest BCUT2D eigenvalue weighted by molar-refractivity contribution is 7.22. The van der Waals surface area contributed by atoms with Gasteiger partial charge in [-0.05, 0) is 35.7 Å². The fourth-order valence-electron chi connectivity index (χ4n) is 4.02. The summed E-state index contributed by atoms with van der Waals surface area (Å²) < 4.78 is 17.6. The lowest BCUT2D eigenvalue weighted by Crippen LogP contribution is -2.28. The van der Waals surface area contributed by atoms with Gasteiger partial charge in [0, 0.05) is 5.56 Å². The van der Waals surface area contributed by atoms with Crippen molar-refractivity contribution in [3.8, 4) is 17.2 Å². The molecule has 34 heavy (non-hydrogen) atoms. The third kappa shape index (κ3) is 4.43.